The molecule has 7 nitrogen and oxygen atoms in total. The second-order valence-electron chi connectivity index (χ2n) is 5.52. The van der Waals surface area contributed by atoms with Crippen molar-refractivity contribution in [1.82, 2.24) is 4.90 Å². The molecule has 0 aromatic heterocycles. The van der Waals surface area contributed by atoms with Gasteiger partial charge in [0.1, 0.15) is 5.56 Å². The molecular formula is C14H19N3O4. The van der Waals surface area contributed by atoms with Crippen molar-refractivity contribution >= 4 is 17.3 Å². The number of aromatic carboxylic acids is 1. The van der Waals surface area contributed by atoms with Gasteiger partial charge in [0.15, 0.2) is 0 Å². The summed E-state index contributed by atoms with van der Waals surface area (Å²) in [5.41, 5.74) is 0.0960. The Labute approximate surface area is 122 Å². The average molecular weight is 293 g/mol. The molecule has 1 aliphatic heterocycles. The molecule has 1 heterocycles. The minimum absolute atomic E-state index is 0.271. The van der Waals surface area contributed by atoms with Gasteiger partial charge in [-0.15, -0.1) is 0 Å². The minimum Gasteiger partial charge on any atom is -0.477 e. The molecule has 1 fully saturated rings. The fourth-order valence-electron chi connectivity index (χ4n) is 2.82. The van der Waals surface area contributed by atoms with Crippen molar-refractivity contribution in [2.75, 3.05) is 32.1 Å². The summed E-state index contributed by atoms with van der Waals surface area (Å²) in [6.45, 7) is 1.70. The van der Waals surface area contributed by atoms with Crippen LogP contribution >= 0.6 is 0 Å². The Balaban J connectivity index is 2.33. The van der Waals surface area contributed by atoms with E-state index in [1.54, 1.807) is 6.07 Å². The lowest BCUT2D eigenvalue weighted by Crippen LogP contribution is -2.37. The number of carbonyl (C=O) groups is 1. The number of rotatable bonds is 5. The van der Waals surface area contributed by atoms with Gasteiger partial charge in [-0.25, -0.2) is 4.79 Å². The van der Waals surface area contributed by atoms with E-state index in [4.69, 9.17) is 5.11 Å². The maximum atomic E-state index is 11.1. The SMILES string of the molecule is CN(C)CC1CCCN1c1ccc(C(=O)O)c([N+](=O)[O-])c1. The number of likely N-dealkylation sites (N-methyl/N-ethyl adjacent to an activating group) is 1. The zero-order chi connectivity index (χ0) is 15.6. The number of carboxylic acid groups (broad SMARTS) is 1. The molecule has 1 aromatic rings. The molecule has 1 unspecified atom stereocenters. The summed E-state index contributed by atoms with van der Waals surface area (Å²) in [4.78, 5) is 25.7. The van der Waals surface area contributed by atoms with Gasteiger partial charge in [-0.1, -0.05) is 0 Å². The molecule has 1 atom stereocenters. The Hall–Kier alpha value is -2.15. The first-order chi connectivity index (χ1) is 9.90. The maximum absolute atomic E-state index is 11.1. The van der Waals surface area contributed by atoms with Crippen LogP contribution in [-0.4, -0.2) is 54.1 Å². The topological polar surface area (TPSA) is 86.9 Å². The largest absolute Gasteiger partial charge is 0.477 e. The van der Waals surface area contributed by atoms with Crippen molar-refractivity contribution in [2.45, 2.75) is 18.9 Å². The third-order valence-electron chi connectivity index (χ3n) is 3.69. The summed E-state index contributed by atoms with van der Waals surface area (Å²) < 4.78 is 0. The van der Waals surface area contributed by atoms with E-state index in [9.17, 15) is 14.9 Å². The van der Waals surface area contributed by atoms with Crippen LogP contribution in [0.3, 0.4) is 0 Å². The Kier molecular flexibility index (Phi) is 4.42. The normalized spacial score (nSPS) is 18.2. The van der Waals surface area contributed by atoms with E-state index >= 15 is 0 Å². The molecule has 1 N–H and O–H groups in total. The maximum Gasteiger partial charge on any atom is 0.342 e. The van der Waals surface area contributed by atoms with Gasteiger partial charge < -0.3 is 14.9 Å². The Morgan fingerprint density at radius 1 is 1.52 bits per heavy atom. The second-order valence-corrected chi connectivity index (χ2v) is 5.52. The molecule has 0 bridgehead atoms. The molecule has 1 aromatic carbocycles. The van der Waals surface area contributed by atoms with E-state index in [-0.39, 0.29) is 11.3 Å². The summed E-state index contributed by atoms with van der Waals surface area (Å²) in [5, 5.41) is 20.1. The van der Waals surface area contributed by atoms with Crippen molar-refractivity contribution < 1.29 is 14.8 Å². The first-order valence-electron chi connectivity index (χ1n) is 6.83. The number of nitro groups is 1. The highest BCUT2D eigenvalue weighted by molar-refractivity contribution is 5.93. The highest BCUT2D eigenvalue weighted by atomic mass is 16.6. The zero-order valence-electron chi connectivity index (χ0n) is 12.2. The van der Waals surface area contributed by atoms with E-state index in [2.05, 4.69) is 9.80 Å². The van der Waals surface area contributed by atoms with Crippen LogP contribution in [0.2, 0.25) is 0 Å². The van der Waals surface area contributed by atoms with Crippen LogP contribution < -0.4 is 4.90 Å². The van der Waals surface area contributed by atoms with Gasteiger partial charge in [0.05, 0.1) is 4.92 Å². The molecular weight excluding hydrogens is 274 g/mol. The third kappa shape index (κ3) is 3.30. The van der Waals surface area contributed by atoms with Crippen LogP contribution in [0.5, 0.6) is 0 Å². The highest BCUT2D eigenvalue weighted by Gasteiger charge is 2.28. The molecule has 21 heavy (non-hydrogen) atoms. The first-order valence-corrected chi connectivity index (χ1v) is 6.83. The van der Waals surface area contributed by atoms with Gasteiger partial charge in [-0.2, -0.15) is 0 Å². The third-order valence-corrected chi connectivity index (χ3v) is 3.69. The standard InChI is InChI=1S/C14H19N3O4/c1-15(2)9-11-4-3-7-16(11)10-5-6-12(14(18)19)13(8-10)17(20)21/h5-6,8,11H,3-4,7,9H2,1-2H3,(H,18,19). The molecule has 0 amide bonds. The van der Waals surface area contributed by atoms with Crippen LogP contribution in [0, 0.1) is 10.1 Å². The van der Waals surface area contributed by atoms with Crippen molar-refractivity contribution in [3.63, 3.8) is 0 Å². The van der Waals surface area contributed by atoms with Crippen LogP contribution in [0.25, 0.3) is 0 Å². The number of anilines is 1. The van der Waals surface area contributed by atoms with Crippen molar-refractivity contribution in [3.05, 3.63) is 33.9 Å². The summed E-state index contributed by atoms with van der Waals surface area (Å²) in [6, 6.07) is 4.65. The van der Waals surface area contributed by atoms with Gasteiger partial charge in [0, 0.05) is 30.9 Å². The highest BCUT2D eigenvalue weighted by Crippen LogP contribution is 2.30. The second kappa shape index (κ2) is 6.09. The average Bonchev–Trinajstić information content (AvgIpc) is 2.85. The van der Waals surface area contributed by atoms with Crippen LogP contribution in [0.1, 0.15) is 23.2 Å². The summed E-state index contributed by atoms with van der Waals surface area (Å²) in [5.74, 6) is -1.28. The Bertz CT molecular complexity index is 559. The fourth-order valence-corrected chi connectivity index (χ4v) is 2.82. The molecule has 1 saturated heterocycles. The quantitative estimate of drug-likeness (QED) is 0.658. The number of benzene rings is 1. The summed E-state index contributed by atoms with van der Waals surface area (Å²) >= 11 is 0. The smallest absolute Gasteiger partial charge is 0.342 e. The number of nitro benzene ring substituents is 1. The van der Waals surface area contributed by atoms with Gasteiger partial charge >= 0.3 is 5.97 Å². The molecule has 2 rings (SSSR count). The number of nitrogens with zero attached hydrogens (tertiary/aromatic N) is 3. The first kappa shape index (κ1) is 15.2. The zero-order valence-corrected chi connectivity index (χ0v) is 12.2. The van der Waals surface area contributed by atoms with Crippen molar-refractivity contribution in [3.8, 4) is 0 Å². The van der Waals surface area contributed by atoms with Crippen LogP contribution in [-0.2, 0) is 0 Å². The van der Waals surface area contributed by atoms with E-state index in [1.165, 1.54) is 12.1 Å². The molecule has 0 radical (unpaired) electrons. The van der Waals surface area contributed by atoms with Crippen molar-refractivity contribution in [2.24, 2.45) is 0 Å². The number of hydrogen-bond acceptors (Lipinski definition) is 5. The predicted molar refractivity (Wildman–Crippen MR) is 79.0 cm³/mol. The molecule has 1 aliphatic rings. The Morgan fingerprint density at radius 2 is 2.24 bits per heavy atom. The van der Waals surface area contributed by atoms with E-state index in [0.717, 1.165) is 31.6 Å². The van der Waals surface area contributed by atoms with E-state index in [1.807, 2.05) is 14.1 Å². The van der Waals surface area contributed by atoms with Crippen LogP contribution in [0.4, 0.5) is 11.4 Å². The van der Waals surface area contributed by atoms with Crippen molar-refractivity contribution in [1.29, 1.82) is 0 Å². The van der Waals surface area contributed by atoms with E-state index in [0.29, 0.717) is 6.04 Å². The lowest BCUT2D eigenvalue weighted by Gasteiger charge is -2.29. The molecule has 0 saturated carbocycles. The Morgan fingerprint density at radius 3 is 2.81 bits per heavy atom. The molecule has 7 heteroatoms. The summed E-state index contributed by atoms with van der Waals surface area (Å²) in [7, 11) is 3.99. The van der Waals surface area contributed by atoms with E-state index < -0.39 is 10.9 Å². The molecule has 0 aliphatic carbocycles. The molecule has 0 spiro atoms. The predicted octanol–water partition coefficient (Wildman–Crippen LogP) is 1.82. The van der Waals surface area contributed by atoms with Gasteiger partial charge in [0.2, 0.25) is 0 Å². The minimum atomic E-state index is -1.28. The number of carboxylic acids is 1. The monoisotopic (exact) mass is 293 g/mol. The lowest BCUT2D eigenvalue weighted by molar-refractivity contribution is -0.385. The molecule has 114 valence electrons. The van der Waals surface area contributed by atoms with Gasteiger partial charge in [0.25, 0.3) is 5.69 Å². The van der Waals surface area contributed by atoms with Gasteiger partial charge in [-0.3, -0.25) is 10.1 Å². The van der Waals surface area contributed by atoms with Crippen LogP contribution in [0.15, 0.2) is 18.2 Å². The van der Waals surface area contributed by atoms with Gasteiger partial charge in [-0.05, 0) is 39.1 Å². The lowest BCUT2D eigenvalue weighted by atomic mass is 10.1. The fraction of sp³-hybridized carbons (Fsp3) is 0.500. The number of hydrogen-bond donors (Lipinski definition) is 1. The summed E-state index contributed by atoms with van der Waals surface area (Å²) in [6.07, 6.45) is 2.07.